The molecule has 0 aromatic heterocycles. The van der Waals surface area contributed by atoms with E-state index in [0.29, 0.717) is 35.2 Å². The highest BCUT2D eigenvalue weighted by Crippen LogP contribution is 2.66. The van der Waals surface area contributed by atoms with E-state index >= 15 is 0 Å². The van der Waals surface area contributed by atoms with Crippen molar-refractivity contribution in [3.8, 4) is 0 Å². The second kappa shape index (κ2) is 6.25. The molecule has 0 N–H and O–H groups in total. The minimum absolute atomic E-state index is 0.0614. The smallest absolute Gasteiger partial charge is 0.155 e. The topological polar surface area (TPSA) is 34.1 Å². The van der Waals surface area contributed by atoms with Crippen molar-refractivity contribution in [1.82, 2.24) is 0 Å². The molecule has 0 heterocycles. The van der Waals surface area contributed by atoms with Gasteiger partial charge in [0.15, 0.2) is 5.78 Å². The number of ketones is 2. The van der Waals surface area contributed by atoms with Crippen LogP contribution >= 0.6 is 11.8 Å². The van der Waals surface area contributed by atoms with Crippen LogP contribution in [-0.4, -0.2) is 23.6 Å². The summed E-state index contributed by atoms with van der Waals surface area (Å²) in [5.41, 5.74) is 1.63. The SMILES string of the molecule is CC[C@H]1CC(=O)[C@@]2(C)CC[C@H]3[C@@H](CCC4=CC(=O)CC[C@@]43CSC)[C@H]12. The third-order valence-electron chi connectivity index (χ3n) is 8.46. The molecule has 138 valence electrons. The molecule has 0 unspecified atom stereocenters. The molecule has 0 aliphatic heterocycles. The lowest BCUT2D eigenvalue weighted by Crippen LogP contribution is -2.53. The molecule has 2 nitrogen and oxygen atoms in total. The second-order valence-corrected chi connectivity index (χ2v) is 10.2. The Hall–Kier alpha value is -0.570. The maximum atomic E-state index is 12.8. The van der Waals surface area contributed by atoms with Crippen LogP contribution in [0.15, 0.2) is 11.6 Å². The molecule has 3 saturated carbocycles. The summed E-state index contributed by atoms with van der Waals surface area (Å²) in [6.07, 6.45) is 12.5. The van der Waals surface area contributed by atoms with Crippen LogP contribution in [0.25, 0.3) is 0 Å². The van der Waals surface area contributed by atoms with Crippen LogP contribution in [0.5, 0.6) is 0 Å². The molecule has 0 saturated heterocycles. The van der Waals surface area contributed by atoms with Crippen LogP contribution in [0.1, 0.15) is 65.2 Å². The van der Waals surface area contributed by atoms with Crippen LogP contribution in [0.3, 0.4) is 0 Å². The predicted octanol–water partition coefficient (Wildman–Crippen LogP) is 5.07. The molecule has 0 amide bonds. The maximum Gasteiger partial charge on any atom is 0.155 e. The van der Waals surface area contributed by atoms with Gasteiger partial charge in [-0.05, 0) is 68.1 Å². The van der Waals surface area contributed by atoms with Gasteiger partial charge in [-0.2, -0.15) is 11.8 Å². The van der Waals surface area contributed by atoms with Crippen molar-refractivity contribution in [1.29, 1.82) is 0 Å². The monoisotopic (exact) mass is 360 g/mol. The summed E-state index contributed by atoms with van der Waals surface area (Å²) in [6, 6.07) is 0. The number of fused-ring (bicyclic) bond motifs is 5. The first-order valence-corrected chi connectivity index (χ1v) is 11.6. The van der Waals surface area contributed by atoms with Crippen molar-refractivity contribution in [2.45, 2.75) is 65.2 Å². The van der Waals surface area contributed by atoms with Crippen LogP contribution in [0.4, 0.5) is 0 Å². The van der Waals surface area contributed by atoms with E-state index in [1.54, 1.807) is 0 Å². The van der Waals surface area contributed by atoms with Gasteiger partial charge in [-0.25, -0.2) is 0 Å². The zero-order valence-corrected chi connectivity index (χ0v) is 16.8. The first-order valence-electron chi connectivity index (χ1n) is 10.2. The largest absolute Gasteiger partial charge is 0.299 e. The fourth-order valence-electron chi connectivity index (χ4n) is 7.33. The van der Waals surface area contributed by atoms with Crippen molar-refractivity contribution in [3.63, 3.8) is 0 Å². The van der Waals surface area contributed by atoms with Gasteiger partial charge in [0.2, 0.25) is 0 Å². The number of hydrogen-bond acceptors (Lipinski definition) is 3. The summed E-state index contributed by atoms with van der Waals surface area (Å²) in [5.74, 6) is 4.59. The number of hydrogen-bond donors (Lipinski definition) is 0. The summed E-state index contributed by atoms with van der Waals surface area (Å²) in [6.45, 7) is 4.56. The number of carbonyl (C=O) groups excluding carboxylic acids is 2. The summed E-state index contributed by atoms with van der Waals surface area (Å²) < 4.78 is 0. The highest BCUT2D eigenvalue weighted by Gasteiger charge is 2.62. The fourth-order valence-corrected chi connectivity index (χ4v) is 8.39. The lowest BCUT2D eigenvalue weighted by Gasteiger charge is -2.58. The molecular weight excluding hydrogens is 328 g/mol. The summed E-state index contributed by atoms with van der Waals surface area (Å²) in [5, 5.41) is 0. The Morgan fingerprint density at radius 3 is 2.72 bits per heavy atom. The Labute approximate surface area is 156 Å². The number of carbonyl (C=O) groups is 2. The zero-order valence-electron chi connectivity index (χ0n) is 16.0. The van der Waals surface area contributed by atoms with Crippen LogP contribution in [-0.2, 0) is 9.59 Å². The first kappa shape index (κ1) is 17.8. The van der Waals surface area contributed by atoms with E-state index in [0.717, 1.165) is 44.3 Å². The second-order valence-electron chi connectivity index (χ2n) is 9.31. The highest BCUT2D eigenvalue weighted by atomic mass is 32.2. The standard InChI is InChI=1S/C22H32O2S/c1-4-14-11-19(24)21(2)9-8-18-17(20(14)21)6-5-15-12-16(23)7-10-22(15,18)13-25-3/h12,14,17-18,20H,4-11,13H2,1-3H3/t14-,17+,18-,20-,21+,22+/m0/s1. The Kier molecular flexibility index (Phi) is 4.46. The molecule has 0 radical (unpaired) electrons. The highest BCUT2D eigenvalue weighted by molar-refractivity contribution is 7.98. The van der Waals surface area contributed by atoms with Crippen LogP contribution < -0.4 is 0 Å². The summed E-state index contributed by atoms with van der Waals surface area (Å²) in [7, 11) is 0. The van der Waals surface area contributed by atoms with Gasteiger partial charge in [-0.3, -0.25) is 9.59 Å². The Balaban J connectivity index is 1.75. The van der Waals surface area contributed by atoms with Gasteiger partial charge in [0.05, 0.1) is 0 Å². The van der Waals surface area contributed by atoms with E-state index < -0.39 is 0 Å². The molecular formula is C22H32O2S. The average molecular weight is 361 g/mol. The average Bonchev–Trinajstić information content (AvgIpc) is 2.86. The molecule has 0 bridgehead atoms. The van der Waals surface area contributed by atoms with Crippen molar-refractivity contribution < 1.29 is 9.59 Å². The molecule has 4 aliphatic rings. The van der Waals surface area contributed by atoms with Gasteiger partial charge < -0.3 is 0 Å². The summed E-state index contributed by atoms with van der Waals surface area (Å²) in [4.78, 5) is 24.9. The molecule has 3 fully saturated rings. The lowest BCUT2D eigenvalue weighted by atomic mass is 9.46. The Bertz CT molecular complexity index is 624. The summed E-state index contributed by atoms with van der Waals surface area (Å²) >= 11 is 1.95. The van der Waals surface area contributed by atoms with Gasteiger partial charge in [0.25, 0.3) is 0 Å². The third-order valence-corrected chi connectivity index (χ3v) is 9.26. The minimum atomic E-state index is -0.0614. The molecule has 0 spiro atoms. The molecule has 0 aromatic carbocycles. The Morgan fingerprint density at radius 1 is 1.20 bits per heavy atom. The zero-order chi connectivity index (χ0) is 17.8. The molecule has 6 atom stereocenters. The van der Waals surface area contributed by atoms with Crippen molar-refractivity contribution in [3.05, 3.63) is 11.6 Å². The number of Topliss-reactive ketones (excluding diaryl/α,β-unsaturated/α-hetero) is 1. The number of thioether (sulfide) groups is 1. The normalized spacial score (nSPS) is 46.3. The van der Waals surface area contributed by atoms with E-state index in [4.69, 9.17) is 0 Å². The molecule has 3 heteroatoms. The maximum absolute atomic E-state index is 12.8. The first-order chi connectivity index (χ1) is 12.0. The van der Waals surface area contributed by atoms with Gasteiger partial charge in [-0.1, -0.05) is 25.8 Å². The van der Waals surface area contributed by atoms with E-state index in [2.05, 4.69) is 20.1 Å². The Morgan fingerprint density at radius 2 is 2.00 bits per heavy atom. The number of allylic oxidation sites excluding steroid dienone is 1. The lowest BCUT2D eigenvalue weighted by molar-refractivity contribution is -0.133. The predicted molar refractivity (Wildman–Crippen MR) is 104 cm³/mol. The molecule has 0 aromatic rings. The van der Waals surface area contributed by atoms with E-state index in [-0.39, 0.29) is 10.8 Å². The van der Waals surface area contributed by atoms with Crippen molar-refractivity contribution in [2.24, 2.45) is 34.5 Å². The molecule has 25 heavy (non-hydrogen) atoms. The minimum Gasteiger partial charge on any atom is -0.299 e. The van der Waals surface area contributed by atoms with Gasteiger partial charge in [-0.15, -0.1) is 0 Å². The van der Waals surface area contributed by atoms with Crippen LogP contribution in [0, 0.1) is 34.5 Å². The van der Waals surface area contributed by atoms with E-state index in [1.807, 2.05) is 17.8 Å². The quantitative estimate of drug-likeness (QED) is 0.705. The van der Waals surface area contributed by atoms with Crippen molar-refractivity contribution in [2.75, 3.05) is 12.0 Å². The molecule has 4 rings (SSSR count). The van der Waals surface area contributed by atoms with Gasteiger partial charge in [0.1, 0.15) is 5.78 Å². The van der Waals surface area contributed by atoms with Gasteiger partial charge in [0, 0.05) is 29.4 Å². The van der Waals surface area contributed by atoms with E-state index in [1.165, 1.54) is 18.4 Å². The van der Waals surface area contributed by atoms with Crippen LogP contribution in [0.2, 0.25) is 0 Å². The molecule has 4 aliphatic carbocycles. The third kappa shape index (κ3) is 2.44. The number of rotatable bonds is 3. The van der Waals surface area contributed by atoms with Gasteiger partial charge >= 0.3 is 0 Å². The van der Waals surface area contributed by atoms with E-state index in [9.17, 15) is 9.59 Å². The van der Waals surface area contributed by atoms with Crippen molar-refractivity contribution >= 4 is 23.3 Å². The fraction of sp³-hybridized carbons (Fsp3) is 0.818.